The lowest BCUT2D eigenvalue weighted by molar-refractivity contribution is 0.142. The van der Waals surface area contributed by atoms with E-state index in [2.05, 4.69) is 32.5 Å². The van der Waals surface area contributed by atoms with Crippen LogP contribution in [0.3, 0.4) is 0 Å². The molecule has 0 fully saturated rings. The molecule has 2 N–H and O–H groups in total. The van der Waals surface area contributed by atoms with E-state index in [-0.39, 0.29) is 0 Å². The van der Waals surface area contributed by atoms with Gasteiger partial charge in [0.1, 0.15) is 5.75 Å². The summed E-state index contributed by atoms with van der Waals surface area (Å²) in [6.07, 6.45) is -0.433. The number of aliphatic hydroxyl groups excluding tert-OH is 1. The lowest BCUT2D eigenvalue weighted by Gasteiger charge is -2.20. The number of likely N-dealkylation sites (N-methyl/N-ethyl adjacent to an activating group) is 1. The van der Waals surface area contributed by atoms with Crippen molar-refractivity contribution in [2.75, 3.05) is 31.8 Å². The van der Waals surface area contributed by atoms with Gasteiger partial charge in [-0.1, -0.05) is 59.5 Å². The number of nitrogens with one attached hydrogen (secondary N) is 1. The minimum absolute atomic E-state index is 0.433. The van der Waals surface area contributed by atoms with Crippen molar-refractivity contribution >= 4 is 33.9 Å². The number of nitrogens with zero attached hydrogens (tertiary/aromatic N) is 3. The monoisotopic (exact) mass is 416 g/mol. The number of aliphatic hydroxyl groups is 1. The minimum Gasteiger partial charge on any atom is -0.497 e. The van der Waals surface area contributed by atoms with Gasteiger partial charge in [-0.15, -0.1) is 10.2 Å². The van der Waals surface area contributed by atoms with Crippen molar-refractivity contribution in [2.45, 2.75) is 17.0 Å². The summed E-state index contributed by atoms with van der Waals surface area (Å²) in [6, 6.07) is 17.9. The molecule has 0 saturated carbocycles. The smallest absolute Gasteiger partial charge is 0.210 e. The van der Waals surface area contributed by atoms with E-state index in [4.69, 9.17) is 4.74 Å². The number of rotatable bonds is 10. The van der Waals surface area contributed by atoms with Crippen LogP contribution in [0.1, 0.15) is 5.56 Å². The van der Waals surface area contributed by atoms with Crippen LogP contribution < -0.4 is 10.1 Å². The fourth-order valence-corrected chi connectivity index (χ4v) is 4.40. The minimum atomic E-state index is -0.433. The van der Waals surface area contributed by atoms with Crippen molar-refractivity contribution in [1.29, 1.82) is 0 Å². The van der Waals surface area contributed by atoms with Crippen LogP contribution in [0.5, 0.6) is 5.75 Å². The molecular weight excluding hydrogens is 392 g/mol. The molecule has 1 aromatic heterocycles. The zero-order valence-electron chi connectivity index (χ0n) is 15.9. The predicted molar refractivity (Wildman–Crippen MR) is 116 cm³/mol. The van der Waals surface area contributed by atoms with Crippen LogP contribution in [0.15, 0.2) is 58.9 Å². The SMILES string of the molecule is COc1cccc(Nc2nnc(SCC(O)CN(C)Cc3ccccc3)s2)c1. The summed E-state index contributed by atoms with van der Waals surface area (Å²) >= 11 is 2.99. The molecule has 3 rings (SSSR count). The third kappa shape index (κ3) is 6.49. The number of hydrogen-bond donors (Lipinski definition) is 2. The number of hydrogen-bond acceptors (Lipinski definition) is 8. The Kier molecular flexibility index (Phi) is 7.67. The summed E-state index contributed by atoms with van der Waals surface area (Å²) in [7, 11) is 3.66. The molecule has 0 aliphatic rings. The first-order chi connectivity index (χ1) is 13.6. The van der Waals surface area contributed by atoms with Crippen LogP contribution in [0.25, 0.3) is 0 Å². The second kappa shape index (κ2) is 10.4. The number of thioether (sulfide) groups is 1. The van der Waals surface area contributed by atoms with Gasteiger partial charge >= 0.3 is 0 Å². The van der Waals surface area contributed by atoms with Crippen molar-refractivity contribution in [1.82, 2.24) is 15.1 Å². The molecule has 1 atom stereocenters. The van der Waals surface area contributed by atoms with E-state index < -0.39 is 6.10 Å². The van der Waals surface area contributed by atoms with E-state index >= 15 is 0 Å². The Morgan fingerprint density at radius 2 is 2.00 bits per heavy atom. The molecule has 0 bridgehead atoms. The van der Waals surface area contributed by atoms with Crippen molar-refractivity contribution in [3.05, 3.63) is 60.2 Å². The van der Waals surface area contributed by atoms with Gasteiger partial charge in [0.25, 0.3) is 0 Å². The summed E-state index contributed by atoms with van der Waals surface area (Å²) in [4.78, 5) is 2.12. The predicted octanol–water partition coefficient (Wildman–Crippen LogP) is 3.88. The Balaban J connectivity index is 1.44. The third-order valence-corrected chi connectivity index (χ3v) is 6.06. The first kappa shape index (κ1) is 20.6. The van der Waals surface area contributed by atoms with Crippen LogP contribution in [0.4, 0.5) is 10.8 Å². The Morgan fingerprint density at radius 1 is 1.18 bits per heavy atom. The van der Waals surface area contributed by atoms with Gasteiger partial charge in [0.15, 0.2) is 4.34 Å². The summed E-state index contributed by atoms with van der Waals surface area (Å²) in [5.41, 5.74) is 2.14. The summed E-state index contributed by atoms with van der Waals surface area (Å²) < 4.78 is 6.05. The zero-order valence-corrected chi connectivity index (χ0v) is 17.5. The lowest BCUT2D eigenvalue weighted by Crippen LogP contribution is -2.30. The van der Waals surface area contributed by atoms with E-state index in [1.165, 1.54) is 28.7 Å². The van der Waals surface area contributed by atoms with E-state index in [0.717, 1.165) is 22.3 Å². The summed E-state index contributed by atoms with van der Waals surface area (Å²) in [5.74, 6) is 1.36. The Labute approximate surface area is 173 Å². The molecule has 0 amide bonds. The van der Waals surface area contributed by atoms with Crippen molar-refractivity contribution in [2.24, 2.45) is 0 Å². The number of anilines is 2. The highest BCUT2D eigenvalue weighted by Gasteiger charge is 2.12. The lowest BCUT2D eigenvalue weighted by atomic mass is 10.2. The molecular formula is C20H24N4O2S2. The highest BCUT2D eigenvalue weighted by molar-refractivity contribution is 8.01. The number of ether oxygens (including phenoxy) is 1. The second-order valence-electron chi connectivity index (χ2n) is 6.38. The summed E-state index contributed by atoms with van der Waals surface area (Å²) in [6.45, 7) is 1.42. The quantitative estimate of drug-likeness (QED) is 0.486. The summed E-state index contributed by atoms with van der Waals surface area (Å²) in [5, 5.41) is 22.6. The van der Waals surface area contributed by atoms with Gasteiger partial charge in [0.2, 0.25) is 5.13 Å². The first-order valence-corrected chi connectivity index (χ1v) is 10.7. The van der Waals surface area contributed by atoms with E-state index in [1.54, 1.807) is 7.11 Å². The topological polar surface area (TPSA) is 70.5 Å². The normalized spacial score (nSPS) is 12.1. The van der Waals surface area contributed by atoms with Crippen molar-refractivity contribution in [3.63, 3.8) is 0 Å². The van der Waals surface area contributed by atoms with Crippen LogP contribution in [-0.4, -0.2) is 52.8 Å². The van der Waals surface area contributed by atoms with Crippen molar-refractivity contribution < 1.29 is 9.84 Å². The molecule has 1 unspecified atom stereocenters. The molecule has 0 spiro atoms. The Morgan fingerprint density at radius 3 is 2.79 bits per heavy atom. The molecule has 6 nitrogen and oxygen atoms in total. The van der Waals surface area contributed by atoms with E-state index in [0.29, 0.717) is 17.4 Å². The maximum absolute atomic E-state index is 10.3. The van der Waals surface area contributed by atoms with Crippen LogP contribution >= 0.6 is 23.1 Å². The molecule has 0 aliphatic heterocycles. The van der Waals surface area contributed by atoms with Gasteiger partial charge in [0, 0.05) is 30.6 Å². The van der Waals surface area contributed by atoms with Gasteiger partial charge < -0.3 is 15.2 Å². The van der Waals surface area contributed by atoms with Gasteiger partial charge in [-0.25, -0.2) is 0 Å². The van der Waals surface area contributed by atoms with E-state index in [9.17, 15) is 5.11 Å². The van der Waals surface area contributed by atoms with Crippen molar-refractivity contribution in [3.8, 4) is 5.75 Å². The molecule has 2 aromatic carbocycles. The number of methoxy groups -OCH3 is 1. The highest BCUT2D eigenvalue weighted by atomic mass is 32.2. The Hall–Kier alpha value is -2.13. The molecule has 3 aromatic rings. The van der Waals surface area contributed by atoms with Crippen LogP contribution in [0, 0.1) is 0 Å². The average Bonchev–Trinajstić information content (AvgIpc) is 3.14. The number of aromatic nitrogens is 2. The largest absolute Gasteiger partial charge is 0.497 e. The van der Waals surface area contributed by atoms with Crippen LogP contribution in [-0.2, 0) is 6.54 Å². The van der Waals surface area contributed by atoms with Crippen LogP contribution in [0.2, 0.25) is 0 Å². The Bertz CT molecular complexity index is 860. The molecule has 148 valence electrons. The molecule has 0 aliphatic carbocycles. The van der Waals surface area contributed by atoms with Gasteiger partial charge in [0.05, 0.1) is 13.2 Å². The standard InChI is InChI=1S/C20H24N4O2S2/c1-24(12-15-7-4-3-5-8-15)13-17(25)14-27-20-23-22-19(28-20)21-16-9-6-10-18(11-16)26-2/h3-11,17,25H,12-14H2,1-2H3,(H,21,22). The highest BCUT2D eigenvalue weighted by Crippen LogP contribution is 2.29. The molecule has 1 heterocycles. The van der Waals surface area contributed by atoms with Gasteiger partial charge in [-0.3, -0.25) is 4.90 Å². The zero-order chi connectivity index (χ0) is 19.8. The van der Waals surface area contributed by atoms with Gasteiger partial charge in [-0.2, -0.15) is 0 Å². The molecule has 8 heteroatoms. The molecule has 28 heavy (non-hydrogen) atoms. The fraction of sp³-hybridized carbons (Fsp3) is 0.300. The van der Waals surface area contributed by atoms with Gasteiger partial charge in [-0.05, 0) is 24.7 Å². The second-order valence-corrected chi connectivity index (χ2v) is 8.62. The van der Waals surface area contributed by atoms with E-state index in [1.807, 2.05) is 49.5 Å². The average molecular weight is 417 g/mol. The maximum atomic E-state index is 10.3. The molecule has 0 saturated heterocycles. The third-order valence-electron chi connectivity index (χ3n) is 3.94. The number of benzene rings is 2. The fourth-order valence-electron chi connectivity index (χ4n) is 2.68. The molecule has 0 radical (unpaired) electrons. The first-order valence-electron chi connectivity index (χ1n) is 8.90. The maximum Gasteiger partial charge on any atom is 0.210 e.